The molecule has 0 bridgehead atoms. The Kier molecular flexibility index (Phi) is 5.82. The Morgan fingerprint density at radius 1 is 1.07 bits per heavy atom. The highest BCUT2D eigenvalue weighted by Crippen LogP contribution is 2.25. The third kappa shape index (κ3) is 4.15. The summed E-state index contributed by atoms with van der Waals surface area (Å²) in [5.41, 5.74) is 1.89. The average molecular weight is 371 g/mol. The summed E-state index contributed by atoms with van der Waals surface area (Å²) in [5.74, 6) is 0.0182. The molecule has 0 saturated carbocycles. The molecule has 3 amide bonds. The van der Waals surface area contributed by atoms with Crippen molar-refractivity contribution < 1.29 is 14.4 Å². The van der Waals surface area contributed by atoms with E-state index < -0.39 is 0 Å². The van der Waals surface area contributed by atoms with Gasteiger partial charge in [0.15, 0.2) is 0 Å². The Morgan fingerprint density at radius 2 is 1.78 bits per heavy atom. The molecule has 6 heteroatoms. The van der Waals surface area contributed by atoms with Crippen LogP contribution in [0.3, 0.4) is 0 Å². The van der Waals surface area contributed by atoms with Crippen molar-refractivity contribution in [2.75, 3.05) is 18.0 Å². The van der Waals surface area contributed by atoms with Crippen LogP contribution in [0.25, 0.3) is 0 Å². The predicted molar refractivity (Wildman–Crippen MR) is 104 cm³/mol. The van der Waals surface area contributed by atoms with Gasteiger partial charge in [-0.2, -0.15) is 0 Å². The molecule has 0 aromatic heterocycles. The van der Waals surface area contributed by atoms with Gasteiger partial charge in [-0.3, -0.25) is 14.4 Å². The molecule has 1 aromatic rings. The van der Waals surface area contributed by atoms with Crippen LogP contribution in [0.2, 0.25) is 0 Å². The van der Waals surface area contributed by atoms with E-state index in [0.717, 1.165) is 30.6 Å². The summed E-state index contributed by atoms with van der Waals surface area (Å²) >= 11 is 0. The van der Waals surface area contributed by atoms with Crippen molar-refractivity contribution >= 4 is 23.4 Å². The van der Waals surface area contributed by atoms with Crippen molar-refractivity contribution in [2.45, 2.75) is 58.5 Å². The van der Waals surface area contributed by atoms with Crippen LogP contribution in [-0.4, -0.2) is 41.8 Å². The van der Waals surface area contributed by atoms with Gasteiger partial charge in [0.2, 0.25) is 17.7 Å². The molecule has 1 aromatic carbocycles. The zero-order chi connectivity index (χ0) is 19.6. The topological polar surface area (TPSA) is 69.7 Å². The number of hydrogen-bond acceptors (Lipinski definition) is 3. The molecule has 2 unspecified atom stereocenters. The Morgan fingerprint density at radius 3 is 2.37 bits per heavy atom. The van der Waals surface area contributed by atoms with Crippen LogP contribution in [-0.2, 0) is 14.4 Å². The number of amides is 3. The highest BCUT2D eigenvalue weighted by Gasteiger charge is 2.35. The Hall–Kier alpha value is -2.37. The Labute approximate surface area is 160 Å². The number of carbonyl (C=O) groups excluding carboxylic acids is 3. The Bertz CT molecular complexity index is 714. The maximum absolute atomic E-state index is 12.7. The van der Waals surface area contributed by atoms with Crippen LogP contribution in [0, 0.1) is 5.92 Å². The number of anilines is 1. The van der Waals surface area contributed by atoms with E-state index in [1.165, 1.54) is 0 Å². The molecular weight excluding hydrogens is 342 g/mol. The summed E-state index contributed by atoms with van der Waals surface area (Å²) < 4.78 is 0. The summed E-state index contributed by atoms with van der Waals surface area (Å²) in [4.78, 5) is 40.4. The van der Waals surface area contributed by atoms with Crippen LogP contribution in [0.5, 0.6) is 0 Å². The molecule has 2 aliphatic heterocycles. The van der Waals surface area contributed by atoms with Gasteiger partial charge in [0.1, 0.15) is 6.04 Å². The molecule has 2 heterocycles. The van der Waals surface area contributed by atoms with Crippen molar-refractivity contribution in [3.05, 3.63) is 29.8 Å². The fraction of sp³-hybridized carbons (Fsp3) is 0.571. The van der Waals surface area contributed by atoms with Gasteiger partial charge in [-0.05, 0) is 43.9 Å². The van der Waals surface area contributed by atoms with Gasteiger partial charge in [0.05, 0.1) is 6.04 Å². The zero-order valence-electron chi connectivity index (χ0n) is 16.4. The van der Waals surface area contributed by atoms with E-state index in [4.69, 9.17) is 0 Å². The second-order valence-corrected chi connectivity index (χ2v) is 7.82. The first-order valence-electron chi connectivity index (χ1n) is 9.89. The molecule has 27 heavy (non-hydrogen) atoms. The molecule has 0 spiro atoms. The highest BCUT2D eigenvalue weighted by atomic mass is 16.2. The van der Waals surface area contributed by atoms with Crippen molar-refractivity contribution in [1.29, 1.82) is 0 Å². The number of rotatable bonds is 5. The summed E-state index contributed by atoms with van der Waals surface area (Å²) in [6.45, 7) is 7.10. The van der Waals surface area contributed by atoms with Gasteiger partial charge in [0, 0.05) is 31.1 Å². The second kappa shape index (κ2) is 8.11. The third-order valence-corrected chi connectivity index (χ3v) is 5.47. The molecular formula is C21H29N3O3. The lowest BCUT2D eigenvalue weighted by molar-refractivity contribution is -0.141. The fourth-order valence-corrected chi connectivity index (χ4v) is 3.89. The molecule has 6 nitrogen and oxygen atoms in total. The van der Waals surface area contributed by atoms with Crippen molar-refractivity contribution in [3.8, 4) is 0 Å². The lowest BCUT2D eigenvalue weighted by Gasteiger charge is -2.27. The van der Waals surface area contributed by atoms with Crippen LogP contribution < -0.4 is 10.2 Å². The maximum atomic E-state index is 12.7. The van der Waals surface area contributed by atoms with Gasteiger partial charge in [-0.15, -0.1) is 0 Å². The largest absolute Gasteiger partial charge is 0.348 e. The number of hydrogen-bond donors (Lipinski definition) is 1. The quantitative estimate of drug-likeness (QED) is 0.865. The number of likely N-dealkylation sites (tertiary alicyclic amines) is 1. The van der Waals surface area contributed by atoms with Gasteiger partial charge < -0.3 is 15.1 Å². The molecule has 2 atom stereocenters. The highest BCUT2D eigenvalue weighted by molar-refractivity contribution is 5.95. The average Bonchev–Trinajstić information content (AvgIpc) is 3.30. The van der Waals surface area contributed by atoms with Gasteiger partial charge in [-0.1, -0.05) is 26.0 Å². The van der Waals surface area contributed by atoms with Crippen molar-refractivity contribution in [2.24, 2.45) is 5.92 Å². The third-order valence-electron chi connectivity index (χ3n) is 5.47. The van der Waals surface area contributed by atoms with Crippen LogP contribution in [0.4, 0.5) is 5.69 Å². The molecule has 0 radical (unpaired) electrons. The van der Waals surface area contributed by atoms with E-state index in [1.807, 2.05) is 45.0 Å². The first-order valence-corrected chi connectivity index (χ1v) is 9.89. The van der Waals surface area contributed by atoms with Crippen LogP contribution in [0.1, 0.15) is 58.1 Å². The van der Waals surface area contributed by atoms with Crippen LogP contribution in [0.15, 0.2) is 24.3 Å². The minimum atomic E-state index is -0.371. The SMILES string of the molecule is CC(C)C(=O)N1CCCC1C(=O)NC(C)c1ccc(N2CCCC2=O)cc1. The minimum Gasteiger partial charge on any atom is -0.348 e. The van der Waals surface area contributed by atoms with Gasteiger partial charge in [0.25, 0.3) is 0 Å². The predicted octanol–water partition coefficient (Wildman–Crippen LogP) is 2.64. The lowest BCUT2D eigenvalue weighted by Crippen LogP contribution is -2.47. The smallest absolute Gasteiger partial charge is 0.243 e. The van der Waals surface area contributed by atoms with Crippen molar-refractivity contribution in [3.63, 3.8) is 0 Å². The number of benzene rings is 1. The second-order valence-electron chi connectivity index (χ2n) is 7.82. The van der Waals surface area contributed by atoms with Gasteiger partial charge in [-0.25, -0.2) is 0 Å². The number of carbonyl (C=O) groups is 3. The molecule has 2 saturated heterocycles. The van der Waals surface area contributed by atoms with E-state index in [1.54, 1.807) is 9.80 Å². The van der Waals surface area contributed by atoms with Crippen LogP contribution >= 0.6 is 0 Å². The number of nitrogens with one attached hydrogen (secondary N) is 1. The monoisotopic (exact) mass is 371 g/mol. The molecule has 2 fully saturated rings. The van der Waals surface area contributed by atoms with E-state index >= 15 is 0 Å². The lowest BCUT2D eigenvalue weighted by atomic mass is 10.1. The fourth-order valence-electron chi connectivity index (χ4n) is 3.89. The molecule has 0 aliphatic carbocycles. The summed E-state index contributed by atoms with van der Waals surface area (Å²) in [5, 5.41) is 3.05. The number of nitrogens with zero attached hydrogens (tertiary/aromatic N) is 2. The summed E-state index contributed by atoms with van der Waals surface area (Å²) in [7, 11) is 0. The first-order chi connectivity index (χ1) is 12.9. The molecule has 1 N–H and O–H groups in total. The zero-order valence-corrected chi connectivity index (χ0v) is 16.4. The van der Waals surface area contributed by atoms with E-state index in [2.05, 4.69) is 5.32 Å². The maximum Gasteiger partial charge on any atom is 0.243 e. The minimum absolute atomic E-state index is 0.0416. The van der Waals surface area contributed by atoms with Crippen molar-refractivity contribution in [1.82, 2.24) is 10.2 Å². The summed E-state index contributed by atoms with van der Waals surface area (Å²) in [6, 6.07) is 7.26. The summed E-state index contributed by atoms with van der Waals surface area (Å²) in [6.07, 6.45) is 3.09. The molecule has 146 valence electrons. The first kappa shape index (κ1) is 19.4. The molecule has 2 aliphatic rings. The van der Waals surface area contributed by atoms with E-state index in [-0.39, 0.29) is 35.7 Å². The standard InChI is InChI=1S/C21H29N3O3/c1-14(2)21(27)24-13-4-6-18(24)20(26)22-15(3)16-8-10-17(11-9-16)23-12-5-7-19(23)25/h8-11,14-15,18H,4-7,12-13H2,1-3H3,(H,22,26). The van der Waals surface area contributed by atoms with E-state index in [0.29, 0.717) is 19.4 Å². The normalized spacial score (nSPS) is 21.0. The van der Waals surface area contributed by atoms with Gasteiger partial charge >= 0.3 is 0 Å². The van der Waals surface area contributed by atoms with E-state index in [9.17, 15) is 14.4 Å². The molecule has 3 rings (SSSR count). The Balaban J connectivity index is 1.62.